The number of hydrogen-bond acceptors (Lipinski definition) is 4. The van der Waals surface area contributed by atoms with Crippen LogP contribution in [0.25, 0.3) is 10.9 Å². The van der Waals surface area contributed by atoms with E-state index in [2.05, 4.69) is 10.3 Å². The van der Waals surface area contributed by atoms with Crippen LogP contribution in [0.5, 0.6) is 11.5 Å². The zero-order valence-corrected chi connectivity index (χ0v) is 14.5. The summed E-state index contributed by atoms with van der Waals surface area (Å²) in [6, 6.07) is 13.1. The van der Waals surface area contributed by atoms with Crippen molar-refractivity contribution in [1.29, 1.82) is 0 Å². The maximum Gasteiger partial charge on any atom is 0.265 e. The summed E-state index contributed by atoms with van der Waals surface area (Å²) < 4.78 is 24.7. The third-order valence-electron chi connectivity index (χ3n) is 3.98. The standard InChI is InChI=1S/C20H19FN2O3/c1-3-16(26-17-9-5-4-8-14(17)21)20(24)23-15-10-11-18(25-2)19-13(15)7-6-12-22-19/h4-12,16H,3H2,1-2H3,(H,23,24)/t16-/m1/s1. The lowest BCUT2D eigenvalue weighted by atomic mass is 10.1. The van der Waals surface area contributed by atoms with E-state index in [9.17, 15) is 9.18 Å². The van der Waals surface area contributed by atoms with Crippen molar-refractivity contribution in [3.63, 3.8) is 0 Å². The fourth-order valence-corrected chi connectivity index (χ4v) is 2.65. The lowest BCUT2D eigenvalue weighted by Crippen LogP contribution is -2.32. The van der Waals surface area contributed by atoms with E-state index in [-0.39, 0.29) is 11.7 Å². The fourth-order valence-electron chi connectivity index (χ4n) is 2.65. The molecule has 0 bridgehead atoms. The average molecular weight is 354 g/mol. The van der Waals surface area contributed by atoms with Crippen molar-refractivity contribution in [3.8, 4) is 11.5 Å². The molecular formula is C20H19FN2O3. The molecule has 1 heterocycles. The first-order valence-corrected chi connectivity index (χ1v) is 8.27. The van der Waals surface area contributed by atoms with Crippen LogP contribution in [0, 0.1) is 5.82 Å². The van der Waals surface area contributed by atoms with Gasteiger partial charge in [-0.3, -0.25) is 9.78 Å². The van der Waals surface area contributed by atoms with E-state index in [0.29, 0.717) is 23.4 Å². The molecular weight excluding hydrogens is 335 g/mol. The van der Waals surface area contributed by atoms with Gasteiger partial charge < -0.3 is 14.8 Å². The number of benzene rings is 2. The number of amides is 1. The second-order valence-electron chi connectivity index (χ2n) is 5.65. The molecule has 3 rings (SSSR count). The highest BCUT2D eigenvalue weighted by Gasteiger charge is 2.21. The zero-order chi connectivity index (χ0) is 18.5. The maximum absolute atomic E-state index is 13.8. The Bertz CT molecular complexity index is 930. The van der Waals surface area contributed by atoms with Gasteiger partial charge in [-0.05, 0) is 42.8 Å². The number of methoxy groups -OCH3 is 1. The zero-order valence-electron chi connectivity index (χ0n) is 14.5. The van der Waals surface area contributed by atoms with E-state index in [4.69, 9.17) is 9.47 Å². The van der Waals surface area contributed by atoms with Gasteiger partial charge in [0.15, 0.2) is 17.7 Å². The summed E-state index contributed by atoms with van der Waals surface area (Å²) in [7, 11) is 1.57. The van der Waals surface area contributed by atoms with E-state index in [1.807, 2.05) is 6.07 Å². The van der Waals surface area contributed by atoms with E-state index >= 15 is 0 Å². The molecule has 0 aliphatic carbocycles. The van der Waals surface area contributed by atoms with Crippen molar-refractivity contribution in [1.82, 2.24) is 4.98 Å². The molecule has 1 amide bonds. The Balaban J connectivity index is 1.85. The number of halogens is 1. The summed E-state index contributed by atoms with van der Waals surface area (Å²) in [6.45, 7) is 1.80. The largest absolute Gasteiger partial charge is 0.494 e. The molecule has 0 radical (unpaired) electrons. The molecule has 0 saturated heterocycles. The summed E-state index contributed by atoms with van der Waals surface area (Å²) >= 11 is 0. The van der Waals surface area contributed by atoms with Gasteiger partial charge >= 0.3 is 0 Å². The molecule has 5 nitrogen and oxygen atoms in total. The maximum atomic E-state index is 13.8. The number of hydrogen-bond donors (Lipinski definition) is 1. The number of carbonyl (C=O) groups excluding carboxylic acids is 1. The first kappa shape index (κ1) is 17.7. The molecule has 134 valence electrons. The smallest absolute Gasteiger partial charge is 0.265 e. The Labute approximate surface area is 150 Å². The van der Waals surface area contributed by atoms with E-state index in [1.54, 1.807) is 50.6 Å². The molecule has 0 aliphatic rings. The predicted octanol–water partition coefficient (Wildman–Crippen LogP) is 4.18. The third kappa shape index (κ3) is 3.59. The molecule has 1 aromatic heterocycles. The van der Waals surface area contributed by atoms with Crippen molar-refractivity contribution < 1.29 is 18.7 Å². The number of rotatable bonds is 6. The summed E-state index contributed by atoms with van der Waals surface area (Å²) in [5, 5.41) is 3.60. The van der Waals surface area contributed by atoms with Gasteiger partial charge in [-0.1, -0.05) is 19.1 Å². The van der Waals surface area contributed by atoms with E-state index < -0.39 is 11.9 Å². The van der Waals surface area contributed by atoms with Crippen molar-refractivity contribution in [2.75, 3.05) is 12.4 Å². The monoisotopic (exact) mass is 354 g/mol. The van der Waals surface area contributed by atoms with Crippen LogP contribution in [-0.2, 0) is 4.79 Å². The summed E-state index contributed by atoms with van der Waals surface area (Å²) in [5.41, 5.74) is 1.24. The Hall–Kier alpha value is -3.15. The highest BCUT2D eigenvalue weighted by Crippen LogP contribution is 2.30. The first-order chi connectivity index (χ1) is 12.6. The second kappa shape index (κ2) is 7.82. The minimum absolute atomic E-state index is 0.0516. The normalized spacial score (nSPS) is 11.8. The van der Waals surface area contributed by atoms with Crippen LogP contribution in [0.2, 0.25) is 0 Å². The van der Waals surface area contributed by atoms with Gasteiger partial charge in [0.2, 0.25) is 0 Å². The first-order valence-electron chi connectivity index (χ1n) is 8.27. The molecule has 3 aromatic rings. The topological polar surface area (TPSA) is 60.5 Å². The van der Waals surface area contributed by atoms with Crippen LogP contribution in [0.3, 0.4) is 0 Å². The van der Waals surface area contributed by atoms with Gasteiger partial charge in [0.05, 0.1) is 12.8 Å². The number of fused-ring (bicyclic) bond motifs is 1. The highest BCUT2D eigenvalue weighted by molar-refractivity contribution is 6.04. The lowest BCUT2D eigenvalue weighted by molar-refractivity contribution is -0.122. The van der Waals surface area contributed by atoms with Gasteiger partial charge in [0.1, 0.15) is 11.3 Å². The number of ether oxygens (including phenoxy) is 2. The number of carbonyl (C=O) groups is 1. The summed E-state index contributed by atoms with van der Waals surface area (Å²) in [5.74, 6) is -0.187. The summed E-state index contributed by atoms with van der Waals surface area (Å²) in [6.07, 6.45) is 1.24. The van der Waals surface area contributed by atoms with Gasteiger partial charge in [0.25, 0.3) is 5.91 Å². The van der Waals surface area contributed by atoms with Gasteiger partial charge in [-0.2, -0.15) is 0 Å². The van der Waals surface area contributed by atoms with Crippen molar-refractivity contribution in [3.05, 3.63) is 60.5 Å². The second-order valence-corrected chi connectivity index (χ2v) is 5.65. The number of nitrogens with zero attached hydrogens (tertiary/aromatic N) is 1. The van der Waals surface area contributed by atoms with Gasteiger partial charge in [-0.25, -0.2) is 4.39 Å². The van der Waals surface area contributed by atoms with Crippen LogP contribution in [0.1, 0.15) is 13.3 Å². The Kier molecular flexibility index (Phi) is 5.31. The predicted molar refractivity (Wildman–Crippen MR) is 98.0 cm³/mol. The molecule has 1 N–H and O–H groups in total. The third-order valence-corrected chi connectivity index (χ3v) is 3.98. The molecule has 0 aliphatic heterocycles. The minimum Gasteiger partial charge on any atom is -0.494 e. The van der Waals surface area contributed by atoms with Crippen LogP contribution in [0.15, 0.2) is 54.7 Å². The minimum atomic E-state index is -0.819. The van der Waals surface area contributed by atoms with Gasteiger partial charge in [-0.15, -0.1) is 0 Å². The molecule has 0 fully saturated rings. The van der Waals surface area contributed by atoms with Crippen LogP contribution < -0.4 is 14.8 Å². The molecule has 0 spiro atoms. The van der Waals surface area contributed by atoms with E-state index in [0.717, 1.165) is 5.39 Å². The molecule has 6 heteroatoms. The van der Waals surface area contributed by atoms with Crippen LogP contribution in [-0.4, -0.2) is 24.1 Å². The summed E-state index contributed by atoms with van der Waals surface area (Å²) in [4.78, 5) is 17.0. The highest BCUT2D eigenvalue weighted by atomic mass is 19.1. The Morgan fingerprint density at radius 3 is 2.69 bits per heavy atom. The van der Waals surface area contributed by atoms with Crippen molar-refractivity contribution >= 4 is 22.5 Å². The van der Waals surface area contributed by atoms with E-state index in [1.165, 1.54) is 12.1 Å². The SMILES string of the molecule is CC[C@@H](Oc1ccccc1F)C(=O)Nc1ccc(OC)c2ncccc12. The molecule has 0 saturated carbocycles. The quantitative estimate of drug-likeness (QED) is 0.721. The lowest BCUT2D eigenvalue weighted by Gasteiger charge is -2.18. The fraction of sp³-hybridized carbons (Fsp3) is 0.200. The number of anilines is 1. The average Bonchev–Trinajstić information content (AvgIpc) is 2.67. The number of para-hydroxylation sites is 1. The number of aromatic nitrogens is 1. The Morgan fingerprint density at radius 1 is 1.15 bits per heavy atom. The Morgan fingerprint density at radius 2 is 1.96 bits per heavy atom. The van der Waals surface area contributed by atoms with Gasteiger partial charge in [0, 0.05) is 11.6 Å². The van der Waals surface area contributed by atoms with Crippen molar-refractivity contribution in [2.24, 2.45) is 0 Å². The van der Waals surface area contributed by atoms with Crippen molar-refractivity contribution in [2.45, 2.75) is 19.4 Å². The number of pyridine rings is 1. The molecule has 0 unspecified atom stereocenters. The molecule has 1 atom stereocenters. The molecule has 26 heavy (non-hydrogen) atoms. The number of nitrogens with one attached hydrogen (secondary N) is 1. The van der Waals surface area contributed by atoms with Crippen LogP contribution in [0.4, 0.5) is 10.1 Å². The van der Waals surface area contributed by atoms with Crippen LogP contribution >= 0.6 is 0 Å². The molecule has 2 aromatic carbocycles.